The van der Waals surface area contributed by atoms with Crippen molar-refractivity contribution in [3.05, 3.63) is 29.0 Å². The lowest BCUT2D eigenvalue weighted by atomic mass is 10.3. The van der Waals surface area contributed by atoms with E-state index in [1.165, 1.54) is 22.5 Å². The molecule has 1 aromatic rings. The average molecular weight is 293 g/mol. The molecule has 1 aliphatic rings. The van der Waals surface area contributed by atoms with Crippen molar-refractivity contribution in [3.8, 4) is 0 Å². The molecule has 0 atom stereocenters. The van der Waals surface area contributed by atoms with E-state index in [4.69, 9.17) is 11.6 Å². The standard InChI is InChI=1S/C11H14ClFN2O2S/c12-9-3-1-4-10(11(9)13)18(16,17)15-7-2-5-14-6-8-15/h1,3-4,14H,2,5-8H2. The van der Waals surface area contributed by atoms with Gasteiger partial charge in [-0.05, 0) is 25.1 Å². The van der Waals surface area contributed by atoms with E-state index in [1.54, 1.807) is 0 Å². The van der Waals surface area contributed by atoms with E-state index in [0.717, 1.165) is 6.54 Å². The predicted molar refractivity (Wildman–Crippen MR) is 67.7 cm³/mol. The molecule has 1 fully saturated rings. The summed E-state index contributed by atoms with van der Waals surface area (Å²) in [5, 5.41) is 2.92. The van der Waals surface area contributed by atoms with Gasteiger partial charge in [0.15, 0.2) is 5.82 Å². The molecule has 0 saturated carbocycles. The molecule has 18 heavy (non-hydrogen) atoms. The lowest BCUT2D eigenvalue weighted by Crippen LogP contribution is -2.34. The zero-order valence-electron chi connectivity index (χ0n) is 9.70. The summed E-state index contributed by atoms with van der Waals surface area (Å²) in [7, 11) is -3.80. The lowest BCUT2D eigenvalue weighted by molar-refractivity contribution is 0.427. The average Bonchev–Trinajstić information content (AvgIpc) is 2.61. The van der Waals surface area contributed by atoms with E-state index in [1.807, 2.05) is 0 Å². The fourth-order valence-electron chi connectivity index (χ4n) is 1.88. The quantitative estimate of drug-likeness (QED) is 0.898. The maximum Gasteiger partial charge on any atom is 0.246 e. The van der Waals surface area contributed by atoms with Crippen LogP contribution in [0.4, 0.5) is 4.39 Å². The highest BCUT2D eigenvalue weighted by molar-refractivity contribution is 7.89. The molecule has 0 bridgehead atoms. The van der Waals surface area contributed by atoms with Crippen LogP contribution in [0.5, 0.6) is 0 Å². The predicted octanol–water partition coefficient (Wildman–Crippen LogP) is 1.46. The largest absolute Gasteiger partial charge is 0.315 e. The van der Waals surface area contributed by atoms with Gasteiger partial charge in [-0.3, -0.25) is 0 Å². The Bertz CT molecular complexity index is 528. The second kappa shape index (κ2) is 5.52. The third-order valence-corrected chi connectivity index (χ3v) is 5.04. The van der Waals surface area contributed by atoms with Crippen LogP contribution in [-0.4, -0.2) is 38.9 Å². The molecule has 0 spiro atoms. The van der Waals surface area contributed by atoms with E-state index < -0.39 is 15.8 Å². The van der Waals surface area contributed by atoms with Crippen molar-refractivity contribution < 1.29 is 12.8 Å². The number of nitrogens with one attached hydrogen (secondary N) is 1. The van der Waals surface area contributed by atoms with Crippen LogP contribution in [0.25, 0.3) is 0 Å². The van der Waals surface area contributed by atoms with Gasteiger partial charge in [-0.1, -0.05) is 17.7 Å². The molecule has 0 aliphatic carbocycles. The van der Waals surface area contributed by atoms with E-state index >= 15 is 0 Å². The molecule has 0 aromatic heterocycles. The minimum Gasteiger partial charge on any atom is -0.315 e. The number of halogens is 2. The van der Waals surface area contributed by atoms with Crippen molar-refractivity contribution >= 4 is 21.6 Å². The molecule has 1 aliphatic heterocycles. The van der Waals surface area contributed by atoms with E-state index in [-0.39, 0.29) is 9.92 Å². The highest BCUT2D eigenvalue weighted by Crippen LogP contribution is 2.24. The first kappa shape index (κ1) is 13.7. The molecular weight excluding hydrogens is 279 g/mol. The Hall–Kier alpha value is -0.690. The molecule has 4 nitrogen and oxygen atoms in total. The highest BCUT2D eigenvalue weighted by atomic mass is 35.5. The van der Waals surface area contributed by atoms with Crippen molar-refractivity contribution in [2.24, 2.45) is 0 Å². The van der Waals surface area contributed by atoms with Crippen LogP contribution in [0.3, 0.4) is 0 Å². The van der Waals surface area contributed by atoms with Gasteiger partial charge in [0.2, 0.25) is 10.0 Å². The van der Waals surface area contributed by atoms with Crippen molar-refractivity contribution in [2.75, 3.05) is 26.2 Å². The molecule has 2 rings (SSSR count). The second-order valence-electron chi connectivity index (χ2n) is 4.06. The number of rotatable bonds is 2. The Labute approximate surface area is 111 Å². The van der Waals surface area contributed by atoms with E-state index in [9.17, 15) is 12.8 Å². The maximum atomic E-state index is 13.8. The summed E-state index contributed by atoms with van der Waals surface area (Å²) >= 11 is 5.62. The molecule has 0 amide bonds. The summed E-state index contributed by atoms with van der Waals surface area (Å²) in [6.45, 7) is 2.07. The Balaban J connectivity index is 2.38. The first-order valence-electron chi connectivity index (χ1n) is 5.68. The summed E-state index contributed by atoms with van der Waals surface area (Å²) in [6, 6.07) is 4.02. The molecule has 1 heterocycles. The summed E-state index contributed by atoms with van der Waals surface area (Å²) in [5.74, 6) is -0.878. The Morgan fingerprint density at radius 3 is 2.83 bits per heavy atom. The number of nitrogens with zero attached hydrogens (tertiary/aromatic N) is 1. The smallest absolute Gasteiger partial charge is 0.246 e. The lowest BCUT2D eigenvalue weighted by Gasteiger charge is -2.20. The first-order valence-corrected chi connectivity index (χ1v) is 7.50. The minimum absolute atomic E-state index is 0.177. The summed E-state index contributed by atoms with van der Waals surface area (Å²) in [5.41, 5.74) is 0. The number of hydrogen-bond donors (Lipinski definition) is 1. The van der Waals surface area contributed by atoms with Crippen LogP contribution in [-0.2, 0) is 10.0 Å². The van der Waals surface area contributed by atoms with Crippen LogP contribution in [0.1, 0.15) is 6.42 Å². The van der Waals surface area contributed by atoms with Gasteiger partial charge >= 0.3 is 0 Å². The zero-order chi connectivity index (χ0) is 13.2. The molecular formula is C11H14ClFN2O2S. The van der Waals surface area contributed by atoms with Crippen molar-refractivity contribution in [2.45, 2.75) is 11.3 Å². The maximum absolute atomic E-state index is 13.8. The van der Waals surface area contributed by atoms with E-state index in [2.05, 4.69) is 5.32 Å². The fourth-order valence-corrected chi connectivity index (χ4v) is 3.68. The van der Waals surface area contributed by atoms with Gasteiger partial charge < -0.3 is 5.32 Å². The number of hydrogen-bond acceptors (Lipinski definition) is 3. The van der Waals surface area contributed by atoms with Gasteiger partial charge in [0.05, 0.1) is 5.02 Å². The molecule has 0 radical (unpaired) electrons. The Kier molecular flexibility index (Phi) is 4.21. The Morgan fingerprint density at radius 2 is 2.06 bits per heavy atom. The number of sulfonamides is 1. The third-order valence-electron chi connectivity index (χ3n) is 2.83. The molecule has 1 aromatic carbocycles. The molecule has 1 saturated heterocycles. The zero-order valence-corrected chi connectivity index (χ0v) is 11.3. The molecule has 100 valence electrons. The van der Waals surface area contributed by atoms with Gasteiger partial charge in [-0.25, -0.2) is 12.8 Å². The minimum atomic E-state index is -3.80. The van der Waals surface area contributed by atoms with Gasteiger partial charge in [0, 0.05) is 19.6 Å². The van der Waals surface area contributed by atoms with Gasteiger partial charge in [-0.15, -0.1) is 0 Å². The summed E-state index contributed by atoms with van der Waals surface area (Å²) in [4.78, 5) is -0.350. The Morgan fingerprint density at radius 1 is 1.28 bits per heavy atom. The van der Waals surface area contributed by atoms with E-state index in [0.29, 0.717) is 26.1 Å². The van der Waals surface area contributed by atoms with Gasteiger partial charge in [-0.2, -0.15) is 4.31 Å². The van der Waals surface area contributed by atoms with Crippen LogP contribution in [0, 0.1) is 5.82 Å². The first-order chi connectivity index (χ1) is 8.53. The SMILES string of the molecule is O=S(=O)(c1cccc(Cl)c1F)N1CCCNCC1. The fraction of sp³-hybridized carbons (Fsp3) is 0.455. The second-order valence-corrected chi connectivity index (χ2v) is 6.37. The summed E-state index contributed by atoms with van der Waals surface area (Å²) < 4.78 is 39.7. The molecule has 0 unspecified atom stereocenters. The van der Waals surface area contributed by atoms with Crippen LogP contribution in [0.2, 0.25) is 5.02 Å². The van der Waals surface area contributed by atoms with Gasteiger partial charge in [0.1, 0.15) is 4.90 Å². The monoisotopic (exact) mass is 292 g/mol. The van der Waals surface area contributed by atoms with Crippen molar-refractivity contribution in [1.29, 1.82) is 0 Å². The third kappa shape index (κ3) is 2.66. The topological polar surface area (TPSA) is 49.4 Å². The van der Waals surface area contributed by atoms with Gasteiger partial charge in [0.25, 0.3) is 0 Å². The highest BCUT2D eigenvalue weighted by Gasteiger charge is 2.28. The summed E-state index contributed by atoms with van der Waals surface area (Å²) in [6.07, 6.45) is 0.710. The molecule has 1 N–H and O–H groups in total. The number of benzene rings is 1. The van der Waals surface area contributed by atoms with Crippen LogP contribution in [0.15, 0.2) is 23.1 Å². The normalized spacial score (nSPS) is 18.6. The van der Waals surface area contributed by atoms with Crippen LogP contribution >= 0.6 is 11.6 Å². The van der Waals surface area contributed by atoms with Crippen molar-refractivity contribution in [1.82, 2.24) is 9.62 Å². The van der Waals surface area contributed by atoms with Crippen LogP contribution < -0.4 is 5.32 Å². The van der Waals surface area contributed by atoms with Crippen molar-refractivity contribution in [3.63, 3.8) is 0 Å². The molecule has 7 heteroatoms.